The van der Waals surface area contributed by atoms with Crippen LogP contribution in [0.5, 0.6) is 0 Å². The van der Waals surface area contributed by atoms with E-state index in [0.717, 1.165) is 31.4 Å². The van der Waals surface area contributed by atoms with Gasteiger partial charge in [-0.15, -0.1) is 0 Å². The minimum atomic E-state index is -1.23. The standard InChI is InChI=1S/C33H49N11O5/c1-21(2)7-4-8-26(34)37-15-5-17-49-18-6-16-38-27(45)14-13-25(32(47)48)41-31(46)22-9-11-24(12-10-22)44(3)20-23-19-39-30-28(40-23)29(35)42-33(36)43-30/h9-12,19,21,25H,4-8,13-18,20H2,1-3H3,(H2,34,37)(H,38,45)(H,41,46)(H,47,48)(H4,35,36,39,42,43). The van der Waals surface area contributed by atoms with Crippen LogP contribution in [-0.2, 0) is 20.9 Å². The Morgan fingerprint density at radius 1 is 1.00 bits per heavy atom. The Morgan fingerprint density at radius 3 is 2.45 bits per heavy atom. The van der Waals surface area contributed by atoms with E-state index in [1.807, 2.05) is 11.9 Å². The quantitative estimate of drug-likeness (QED) is 0.0538. The maximum absolute atomic E-state index is 12.8. The number of hydrogen-bond donors (Lipinski definition) is 6. The van der Waals surface area contributed by atoms with Crippen molar-refractivity contribution >= 4 is 52.2 Å². The number of amidine groups is 1. The summed E-state index contributed by atoms with van der Waals surface area (Å²) in [6.45, 7) is 6.81. The number of nitrogen functional groups attached to an aromatic ring is 2. The van der Waals surface area contributed by atoms with Gasteiger partial charge in [-0.1, -0.05) is 20.3 Å². The number of anilines is 3. The number of nitrogens with zero attached hydrogens (tertiary/aromatic N) is 6. The molecule has 1 aromatic carbocycles. The van der Waals surface area contributed by atoms with Crippen molar-refractivity contribution in [3.63, 3.8) is 0 Å². The van der Waals surface area contributed by atoms with Gasteiger partial charge >= 0.3 is 5.97 Å². The summed E-state index contributed by atoms with van der Waals surface area (Å²) in [4.78, 5) is 59.9. The highest BCUT2D eigenvalue weighted by molar-refractivity contribution is 5.97. The lowest BCUT2D eigenvalue weighted by molar-refractivity contribution is -0.139. The number of carboxylic acids is 1. The van der Waals surface area contributed by atoms with Crippen LogP contribution in [0.15, 0.2) is 35.5 Å². The van der Waals surface area contributed by atoms with E-state index < -0.39 is 17.9 Å². The summed E-state index contributed by atoms with van der Waals surface area (Å²) in [6, 6.07) is 5.41. The summed E-state index contributed by atoms with van der Waals surface area (Å²) in [5.41, 5.74) is 19.8. The fourth-order valence-corrected chi connectivity index (χ4v) is 4.79. The number of nitrogens with two attached hydrogens (primary N) is 3. The fraction of sp³-hybridized carbons (Fsp3) is 0.515. The van der Waals surface area contributed by atoms with E-state index in [1.54, 1.807) is 30.5 Å². The molecule has 49 heavy (non-hydrogen) atoms. The zero-order valence-corrected chi connectivity index (χ0v) is 28.5. The Kier molecular flexibility index (Phi) is 15.4. The highest BCUT2D eigenvalue weighted by Crippen LogP contribution is 2.19. The molecule has 9 N–H and O–H groups in total. The largest absolute Gasteiger partial charge is 0.480 e. The fourth-order valence-electron chi connectivity index (χ4n) is 4.79. The molecule has 2 heterocycles. The van der Waals surface area contributed by atoms with E-state index in [1.165, 1.54) is 0 Å². The predicted octanol–water partition coefficient (Wildman–Crippen LogP) is 2.28. The molecule has 16 nitrogen and oxygen atoms in total. The maximum Gasteiger partial charge on any atom is 0.326 e. The molecule has 3 rings (SSSR count). The topological polar surface area (TPSA) is 250 Å². The first kappa shape index (κ1) is 38.3. The van der Waals surface area contributed by atoms with E-state index >= 15 is 0 Å². The van der Waals surface area contributed by atoms with Crippen molar-refractivity contribution in [2.24, 2.45) is 16.6 Å². The van der Waals surface area contributed by atoms with Crippen molar-refractivity contribution in [3.05, 3.63) is 41.7 Å². The number of benzene rings is 1. The molecule has 0 aliphatic carbocycles. The molecule has 16 heteroatoms. The van der Waals surface area contributed by atoms with Crippen molar-refractivity contribution in [3.8, 4) is 0 Å². The molecule has 2 aromatic heterocycles. The number of carbonyl (C=O) groups is 3. The molecule has 0 saturated carbocycles. The Hall–Kier alpha value is -5.12. The van der Waals surface area contributed by atoms with Gasteiger partial charge in [0, 0.05) is 57.4 Å². The average molecular weight is 680 g/mol. The van der Waals surface area contributed by atoms with Crippen LogP contribution >= 0.6 is 0 Å². The second kappa shape index (κ2) is 19.6. The van der Waals surface area contributed by atoms with Crippen molar-refractivity contribution < 1.29 is 24.2 Å². The summed E-state index contributed by atoms with van der Waals surface area (Å²) in [7, 11) is 1.84. The van der Waals surface area contributed by atoms with E-state index in [9.17, 15) is 19.5 Å². The maximum atomic E-state index is 12.8. The van der Waals surface area contributed by atoms with Crippen molar-refractivity contribution in [2.45, 2.75) is 71.4 Å². The first-order valence-corrected chi connectivity index (χ1v) is 16.5. The summed E-state index contributed by atoms with van der Waals surface area (Å²) in [5, 5.41) is 14.9. The number of fused-ring (bicyclic) bond motifs is 1. The van der Waals surface area contributed by atoms with Gasteiger partial charge in [-0.25, -0.2) is 14.8 Å². The zero-order valence-electron chi connectivity index (χ0n) is 28.5. The molecule has 266 valence electrons. The molecular weight excluding hydrogens is 630 g/mol. The second-order valence-electron chi connectivity index (χ2n) is 12.1. The van der Waals surface area contributed by atoms with Gasteiger partial charge < -0.3 is 42.6 Å². The molecule has 3 aromatic rings. The number of carbonyl (C=O) groups excluding carboxylic acids is 2. The highest BCUT2D eigenvalue weighted by atomic mass is 16.5. The van der Waals surface area contributed by atoms with Crippen LogP contribution in [-0.4, -0.2) is 88.1 Å². The van der Waals surface area contributed by atoms with Gasteiger partial charge in [0.05, 0.1) is 24.3 Å². The predicted molar refractivity (Wildman–Crippen MR) is 189 cm³/mol. The molecule has 0 bridgehead atoms. The first-order valence-electron chi connectivity index (χ1n) is 16.5. The number of aromatic nitrogens is 4. The highest BCUT2D eigenvalue weighted by Gasteiger charge is 2.22. The number of carboxylic acid groups (broad SMARTS) is 1. The number of nitrogens with one attached hydrogen (secondary N) is 2. The third-order valence-corrected chi connectivity index (χ3v) is 7.50. The van der Waals surface area contributed by atoms with Gasteiger partial charge in [-0.3, -0.25) is 14.6 Å². The number of ether oxygens (including phenoxy) is 1. The Morgan fingerprint density at radius 2 is 1.73 bits per heavy atom. The van der Waals surface area contributed by atoms with E-state index in [2.05, 4.69) is 49.4 Å². The van der Waals surface area contributed by atoms with Crippen LogP contribution in [0.1, 0.15) is 74.8 Å². The lowest BCUT2D eigenvalue weighted by Crippen LogP contribution is -2.41. The van der Waals surface area contributed by atoms with Crippen molar-refractivity contribution in [2.75, 3.05) is 49.7 Å². The number of rotatable bonds is 21. The second-order valence-corrected chi connectivity index (χ2v) is 12.1. The molecule has 0 saturated heterocycles. The third-order valence-electron chi connectivity index (χ3n) is 7.50. The van der Waals surface area contributed by atoms with Gasteiger partial charge in [0.1, 0.15) is 6.04 Å². The van der Waals surface area contributed by atoms with Crippen LogP contribution in [0.4, 0.5) is 17.5 Å². The van der Waals surface area contributed by atoms with Crippen LogP contribution in [0.2, 0.25) is 0 Å². The SMILES string of the molecule is CC(C)CCCC(N)=NCCCOCCCNC(=O)CCC(NC(=O)c1ccc(N(C)Cc2cnc3nc(N)nc(N)c3n2)cc1)C(=O)O. The number of aliphatic imine (C=N–C) groups is 1. The Labute approximate surface area is 286 Å². The summed E-state index contributed by atoms with van der Waals surface area (Å²) in [6.07, 6.45) is 5.85. The van der Waals surface area contributed by atoms with Gasteiger partial charge in [0.2, 0.25) is 11.9 Å². The lowest BCUT2D eigenvalue weighted by Gasteiger charge is -2.19. The normalized spacial score (nSPS) is 12.2. The molecule has 1 atom stereocenters. The van der Waals surface area contributed by atoms with Crippen LogP contribution in [0.3, 0.4) is 0 Å². The Bertz CT molecular complexity index is 1570. The van der Waals surface area contributed by atoms with Crippen molar-refractivity contribution in [1.29, 1.82) is 0 Å². The summed E-state index contributed by atoms with van der Waals surface area (Å²) >= 11 is 0. The van der Waals surface area contributed by atoms with E-state index in [-0.39, 0.29) is 36.1 Å². The van der Waals surface area contributed by atoms with Gasteiger partial charge in [-0.05, 0) is 55.9 Å². The van der Waals surface area contributed by atoms with Gasteiger partial charge in [0.25, 0.3) is 5.91 Å². The number of aliphatic carboxylic acids is 1. The van der Waals surface area contributed by atoms with Crippen molar-refractivity contribution in [1.82, 2.24) is 30.6 Å². The Balaban J connectivity index is 1.34. The molecule has 1 unspecified atom stereocenters. The number of amides is 2. The summed E-state index contributed by atoms with van der Waals surface area (Å²) in [5.74, 6) is -0.580. The first-order chi connectivity index (χ1) is 23.4. The van der Waals surface area contributed by atoms with Crippen LogP contribution in [0.25, 0.3) is 11.2 Å². The lowest BCUT2D eigenvalue weighted by atomic mass is 10.1. The van der Waals surface area contributed by atoms with E-state index in [4.69, 9.17) is 21.9 Å². The monoisotopic (exact) mass is 679 g/mol. The zero-order chi connectivity index (χ0) is 35.8. The minimum absolute atomic E-state index is 0.0176. The van der Waals surface area contributed by atoms with Gasteiger partial charge in [-0.2, -0.15) is 9.97 Å². The molecule has 0 aliphatic rings. The van der Waals surface area contributed by atoms with Gasteiger partial charge in [0.15, 0.2) is 17.0 Å². The van der Waals surface area contributed by atoms with Crippen LogP contribution in [0, 0.1) is 5.92 Å². The average Bonchev–Trinajstić information content (AvgIpc) is 3.05. The van der Waals surface area contributed by atoms with Crippen LogP contribution < -0.4 is 32.7 Å². The molecule has 0 aliphatic heterocycles. The minimum Gasteiger partial charge on any atom is -0.480 e. The molecule has 0 fully saturated rings. The summed E-state index contributed by atoms with van der Waals surface area (Å²) < 4.78 is 5.59. The third kappa shape index (κ3) is 13.5. The number of hydrogen-bond acceptors (Lipinski definition) is 12. The smallest absolute Gasteiger partial charge is 0.326 e. The molecule has 0 spiro atoms. The molecule has 2 amide bonds. The van der Waals surface area contributed by atoms with E-state index in [0.29, 0.717) is 67.9 Å². The molecular formula is C33H49N11O5. The molecule has 0 radical (unpaired) electrons.